The van der Waals surface area contributed by atoms with E-state index in [0.29, 0.717) is 17.7 Å². The second-order valence-corrected chi connectivity index (χ2v) is 7.05. The fourth-order valence-corrected chi connectivity index (χ4v) is 3.93. The first-order chi connectivity index (χ1) is 15.4. The SMILES string of the molecule is COC(=O)c1c2c(c(C(=O)OC)c(C(=O)OC)c1C(=O)OC)CN(Cc1ccccc1)C2. The molecule has 1 aliphatic rings. The molecule has 0 radical (unpaired) electrons. The number of benzene rings is 2. The molecule has 2 aromatic carbocycles. The van der Waals surface area contributed by atoms with Gasteiger partial charge in [0.05, 0.1) is 50.7 Å². The molecule has 0 bridgehead atoms. The molecular formula is C23H23NO8. The van der Waals surface area contributed by atoms with Crippen LogP contribution < -0.4 is 0 Å². The molecule has 0 spiro atoms. The van der Waals surface area contributed by atoms with Crippen molar-refractivity contribution < 1.29 is 38.1 Å². The number of hydrogen-bond acceptors (Lipinski definition) is 9. The van der Waals surface area contributed by atoms with E-state index in [-0.39, 0.29) is 35.3 Å². The maximum atomic E-state index is 12.8. The predicted octanol–water partition coefficient (Wildman–Crippen LogP) is 2.35. The summed E-state index contributed by atoms with van der Waals surface area (Å²) in [6.07, 6.45) is 0. The average Bonchev–Trinajstić information content (AvgIpc) is 3.23. The van der Waals surface area contributed by atoms with Crippen LogP contribution in [0.4, 0.5) is 0 Å². The van der Waals surface area contributed by atoms with Crippen LogP contribution in [-0.4, -0.2) is 57.2 Å². The standard InChI is InChI=1S/C23H23NO8/c1-29-20(25)16-14-11-24(10-13-8-6-5-7-9-13)12-15(14)17(21(26)30-2)19(23(28)32-4)18(16)22(27)31-3/h5-9H,10-12H2,1-4H3. The van der Waals surface area contributed by atoms with E-state index in [2.05, 4.69) is 0 Å². The maximum Gasteiger partial charge on any atom is 0.339 e. The van der Waals surface area contributed by atoms with Crippen molar-refractivity contribution in [1.82, 2.24) is 4.90 Å². The van der Waals surface area contributed by atoms with E-state index < -0.39 is 23.9 Å². The predicted molar refractivity (Wildman–Crippen MR) is 111 cm³/mol. The molecule has 1 aliphatic heterocycles. The molecule has 32 heavy (non-hydrogen) atoms. The van der Waals surface area contributed by atoms with Gasteiger partial charge in [0.2, 0.25) is 0 Å². The van der Waals surface area contributed by atoms with Crippen LogP contribution in [0.5, 0.6) is 0 Å². The molecule has 0 saturated carbocycles. The van der Waals surface area contributed by atoms with Gasteiger partial charge < -0.3 is 18.9 Å². The van der Waals surface area contributed by atoms with Crippen LogP contribution in [0, 0.1) is 0 Å². The molecule has 0 amide bonds. The third-order valence-corrected chi connectivity index (χ3v) is 5.29. The normalized spacial score (nSPS) is 12.6. The lowest BCUT2D eigenvalue weighted by molar-refractivity contribution is 0.0520. The molecular weight excluding hydrogens is 418 g/mol. The van der Waals surface area contributed by atoms with Gasteiger partial charge in [0, 0.05) is 19.6 Å². The van der Waals surface area contributed by atoms with Crippen LogP contribution in [0.1, 0.15) is 58.1 Å². The molecule has 168 valence electrons. The number of methoxy groups -OCH3 is 4. The van der Waals surface area contributed by atoms with Crippen molar-refractivity contribution in [2.45, 2.75) is 19.6 Å². The quantitative estimate of drug-likeness (QED) is 0.493. The van der Waals surface area contributed by atoms with Crippen molar-refractivity contribution in [2.75, 3.05) is 28.4 Å². The summed E-state index contributed by atoms with van der Waals surface area (Å²) in [6.45, 7) is 0.992. The highest BCUT2D eigenvalue weighted by atomic mass is 16.5. The Kier molecular flexibility index (Phi) is 6.89. The third kappa shape index (κ3) is 4.06. The van der Waals surface area contributed by atoms with Gasteiger partial charge in [-0.2, -0.15) is 0 Å². The molecule has 9 nitrogen and oxygen atoms in total. The number of ether oxygens (including phenoxy) is 4. The summed E-state index contributed by atoms with van der Waals surface area (Å²) in [5.74, 6) is -3.60. The lowest BCUT2D eigenvalue weighted by Crippen LogP contribution is -2.25. The van der Waals surface area contributed by atoms with E-state index in [1.165, 1.54) is 14.2 Å². The lowest BCUT2D eigenvalue weighted by atomic mass is 9.87. The third-order valence-electron chi connectivity index (χ3n) is 5.29. The van der Waals surface area contributed by atoms with Crippen LogP contribution in [0.15, 0.2) is 30.3 Å². The van der Waals surface area contributed by atoms with Gasteiger partial charge in [-0.05, 0) is 16.7 Å². The Morgan fingerprint density at radius 2 is 1.03 bits per heavy atom. The molecule has 0 N–H and O–H groups in total. The Hall–Kier alpha value is -3.72. The molecule has 9 heteroatoms. The summed E-state index contributed by atoms with van der Waals surface area (Å²) in [4.78, 5) is 53.0. The molecule has 0 atom stereocenters. The number of fused-ring (bicyclic) bond motifs is 1. The highest BCUT2D eigenvalue weighted by Gasteiger charge is 2.40. The minimum atomic E-state index is -0.972. The van der Waals surface area contributed by atoms with E-state index >= 15 is 0 Å². The Morgan fingerprint density at radius 1 is 0.656 bits per heavy atom. The lowest BCUT2D eigenvalue weighted by Gasteiger charge is -2.18. The minimum absolute atomic E-state index is 0.127. The highest BCUT2D eigenvalue weighted by Crippen LogP contribution is 2.37. The summed E-state index contributed by atoms with van der Waals surface area (Å²) in [5, 5.41) is 0. The average molecular weight is 441 g/mol. The van der Waals surface area contributed by atoms with Gasteiger partial charge in [-0.25, -0.2) is 19.2 Å². The number of nitrogens with zero attached hydrogens (tertiary/aromatic N) is 1. The Labute approximate surface area is 184 Å². The fraction of sp³-hybridized carbons (Fsp3) is 0.304. The topological polar surface area (TPSA) is 108 Å². The molecule has 3 rings (SSSR count). The number of rotatable bonds is 6. The molecule has 0 unspecified atom stereocenters. The first-order valence-corrected chi connectivity index (χ1v) is 9.69. The van der Waals surface area contributed by atoms with Crippen LogP contribution in [-0.2, 0) is 38.6 Å². The van der Waals surface area contributed by atoms with Gasteiger partial charge in [0.25, 0.3) is 0 Å². The Balaban J connectivity index is 2.31. The van der Waals surface area contributed by atoms with Crippen molar-refractivity contribution in [1.29, 1.82) is 0 Å². The fourth-order valence-electron chi connectivity index (χ4n) is 3.93. The smallest absolute Gasteiger partial charge is 0.339 e. The summed E-state index contributed by atoms with van der Waals surface area (Å²) >= 11 is 0. The van der Waals surface area contributed by atoms with Crippen molar-refractivity contribution in [2.24, 2.45) is 0 Å². The summed E-state index contributed by atoms with van der Waals surface area (Å²) in [7, 11) is 4.55. The first-order valence-electron chi connectivity index (χ1n) is 9.69. The second-order valence-electron chi connectivity index (χ2n) is 7.05. The first kappa shape index (κ1) is 23.0. The van der Waals surface area contributed by atoms with Gasteiger partial charge in [-0.15, -0.1) is 0 Å². The molecule has 0 aliphatic carbocycles. The van der Waals surface area contributed by atoms with Crippen molar-refractivity contribution in [3.05, 3.63) is 69.3 Å². The van der Waals surface area contributed by atoms with E-state index in [4.69, 9.17) is 18.9 Å². The number of esters is 4. The van der Waals surface area contributed by atoms with Crippen LogP contribution in [0.2, 0.25) is 0 Å². The molecule has 2 aromatic rings. The summed E-state index contributed by atoms with van der Waals surface area (Å²) < 4.78 is 19.5. The van der Waals surface area contributed by atoms with E-state index in [0.717, 1.165) is 19.8 Å². The maximum absolute atomic E-state index is 12.8. The number of carbonyl (C=O) groups is 4. The number of carbonyl (C=O) groups excluding carboxylic acids is 4. The molecule has 0 fully saturated rings. The van der Waals surface area contributed by atoms with E-state index in [1.54, 1.807) is 0 Å². The minimum Gasteiger partial charge on any atom is -0.465 e. The largest absolute Gasteiger partial charge is 0.465 e. The highest BCUT2D eigenvalue weighted by molar-refractivity contribution is 6.16. The van der Waals surface area contributed by atoms with Crippen molar-refractivity contribution in [3.8, 4) is 0 Å². The van der Waals surface area contributed by atoms with Gasteiger partial charge in [-0.3, -0.25) is 4.90 Å². The zero-order valence-electron chi connectivity index (χ0n) is 18.2. The van der Waals surface area contributed by atoms with Crippen molar-refractivity contribution >= 4 is 23.9 Å². The molecule has 1 heterocycles. The van der Waals surface area contributed by atoms with E-state index in [1.807, 2.05) is 35.2 Å². The van der Waals surface area contributed by atoms with Crippen molar-refractivity contribution in [3.63, 3.8) is 0 Å². The molecule has 0 aromatic heterocycles. The number of hydrogen-bond donors (Lipinski definition) is 0. The Bertz CT molecular complexity index is 1010. The van der Waals surface area contributed by atoms with E-state index in [9.17, 15) is 19.2 Å². The molecule has 0 saturated heterocycles. The summed E-state index contributed by atoms with van der Waals surface area (Å²) in [5.41, 5.74) is 0.804. The monoisotopic (exact) mass is 441 g/mol. The summed E-state index contributed by atoms with van der Waals surface area (Å²) in [6, 6.07) is 9.61. The van der Waals surface area contributed by atoms with Crippen LogP contribution in [0.25, 0.3) is 0 Å². The van der Waals surface area contributed by atoms with Crippen LogP contribution >= 0.6 is 0 Å². The van der Waals surface area contributed by atoms with Gasteiger partial charge >= 0.3 is 23.9 Å². The Morgan fingerprint density at radius 3 is 1.41 bits per heavy atom. The van der Waals surface area contributed by atoms with Gasteiger partial charge in [-0.1, -0.05) is 30.3 Å². The zero-order valence-corrected chi connectivity index (χ0v) is 18.2. The second kappa shape index (κ2) is 9.61. The van der Waals surface area contributed by atoms with Gasteiger partial charge in [0.1, 0.15) is 0 Å². The van der Waals surface area contributed by atoms with Gasteiger partial charge in [0.15, 0.2) is 0 Å². The van der Waals surface area contributed by atoms with Crippen LogP contribution in [0.3, 0.4) is 0 Å². The zero-order chi connectivity index (χ0) is 23.4.